The molecule has 1 aromatic carbocycles. The Balaban J connectivity index is 1.60. The van der Waals surface area contributed by atoms with Gasteiger partial charge in [0.15, 0.2) is 9.84 Å². The van der Waals surface area contributed by atoms with Gasteiger partial charge >= 0.3 is 11.9 Å². The largest absolute Gasteiger partial charge is 0.494 e. The van der Waals surface area contributed by atoms with Gasteiger partial charge in [-0.3, -0.25) is 14.4 Å². The van der Waals surface area contributed by atoms with Crippen molar-refractivity contribution in [2.45, 2.75) is 30.4 Å². The zero-order valence-electron chi connectivity index (χ0n) is 26.0. The van der Waals surface area contributed by atoms with Crippen LogP contribution in [0.2, 0.25) is 0 Å². The molecule has 0 saturated carbocycles. The highest BCUT2D eigenvalue weighted by Crippen LogP contribution is 2.20. The molecule has 1 aromatic heterocycles. The lowest BCUT2D eigenvalue weighted by atomic mass is 10.2. The molecule has 1 heterocycles. The normalized spacial score (nSPS) is 11.2. The van der Waals surface area contributed by atoms with Crippen LogP contribution in [-0.4, -0.2) is 125 Å². The van der Waals surface area contributed by atoms with Crippen LogP contribution in [0.1, 0.15) is 34.7 Å². The predicted octanol–water partition coefficient (Wildman–Crippen LogP) is -0.000480. The Kier molecular flexibility index (Phi) is 17.9. The second-order valence-electron chi connectivity index (χ2n) is 9.69. The minimum Gasteiger partial charge on any atom is -0.494 e. The van der Waals surface area contributed by atoms with Gasteiger partial charge < -0.3 is 44.5 Å². The number of hydrogen-bond donors (Lipinski definition) is 4. The third-order valence-electron chi connectivity index (χ3n) is 5.88. The average molecular weight is 685 g/mol. The highest BCUT2D eigenvalue weighted by Gasteiger charge is 2.19. The Morgan fingerprint density at radius 1 is 0.787 bits per heavy atom. The monoisotopic (exact) mass is 684 g/mol. The number of ether oxygens (including phenoxy) is 5. The van der Waals surface area contributed by atoms with E-state index in [1.807, 2.05) is 0 Å². The molecule has 260 valence electrons. The second-order valence-corrected chi connectivity index (χ2v) is 11.7. The Bertz CT molecular complexity index is 1410. The van der Waals surface area contributed by atoms with E-state index in [1.54, 1.807) is 6.92 Å². The van der Waals surface area contributed by atoms with E-state index >= 15 is 0 Å². The van der Waals surface area contributed by atoms with Gasteiger partial charge in [-0.1, -0.05) is 0 Å². The standard InChI is InChI=1S/C29H40N4O13S/c1-21-24(17-32-25(33-21)20-47(40,41)23-6-4-22(5-7-23)46-10-2-3-27(35)36)29(39)31-9-12-43-13-15-44-18-26(34)30-8-11-42-14-16-45-19-28(37)38/h4-7,17H,2-3,8-16,18-20H2,1H3,(H,30,34)(H,31,39)(H,35,36)(H,37,38). The average Bonchev–Trinajstić information content (AvgIpc) is 3.01. The van der Waals surface area contributed by atoms with Gasteiger partial charge in [-0.2, -0.15) is 0 Å². The maximum Gasteiger partial charge on any atom is 0.329 e. The van der Waals surface area contributed by atoms with Crippen LogP contribution < -0.4 is 15.4 Å². The molecule has 0 fully saturated rings. The van der Waals surface area contributed by atoms with Gasteiger partial charge in [0.05, 0.1) is 62.4 Å². The fourth-order valence-corrected chi connectivity index (χ4v) is 4.82. The molecule has 18 heteroatoms. The van der Waals surface area contributed by atoms with Crippen LogP contribution in [0, 0.1) is 6.92 Å². The van der Waals surface area contributed by atoms with E-state index in [-0.39, 0.29) is 94.6 Å². The molecular formula is C29H40N4O13S. The minimum atomic E-state index is -3.79. The molecule has 2 amide bonds. The number of nitrogens with one attached hydrogen (secondary N) is 2. The van der Waals surface area contributed by atoms with Gasteiger partial charge in [-0.25, -0.2) is 23.2 Å². The summed E-state index contributed by atoms with van der Waals surface area (Å²) in [6.45, 7) is 2.74. The van der Waals surface area contributed by atoms with E-state index in [0.29, 0.717) is 17.9 Å². The summed E-state index contributed by atoms with van der Waals surface area (Å²) < 4.78 is 51.7. The SMILES string of the molecule is Cc1nc(CS(=O)(=O)c2ccc(OCCCC(=O)O)cc2)ncc1C(=O)NCCOCCOCC(=O)NCCOCCOCC(=O)O. The van der Waals surface area contributed by atoms with Gasteiger partial charge in [0.2, 0.25) is 5.91 Å². The maximum atomic E-state index is 12.9. The first-order valence-corrected chi connectivity index (χ1v) is 16.2. The number of carbonyl (C=O) groups excluding carboxylic acids is 2. The Morgan fingerprint density at radius 2 is 1.40 bits per heavy atom. The number of hydrogen-bond acceptors (Lipinski definition) is 13. The predicted molar refractivity (Wildman–Crippen MR) is 163 cm³/mol. The number of aromatic nitrogens is 2. The molecule has 2 aromatic rings. The molecule has 0 aliphatic heterocycles. The number of carboxylic acid groups (broad SMARTS) is 2. The maximum absolute atomic E-state index is 12.9. The third kappa shape index (κ3) is 16.8. The number of aryl methyl sites for hydroxylation is 1. The van der Waals surface area contributed by atoms with E-state index in [9.17, 15) is 27.6 Å². The number of carbonyl (C=O) groups is 4. The summed E-state index contributed by atoms with van der Waals surface area (Å²) in [5.41, 5.74) is 0.485. The highest BCUT2D eigenvalue weighted by molar-refractivity contribution is 7.90. The lowest BCUT2D eigenvalue weighted by Gasteiger charge is -2.10. The lowest BCUT2D eigenvalue weighted by Crippen LogP contribution is -2.31. The molecule has 0 atom stereocenters. The van der Waals surface area contributed by atoms with Crippen molar-refractivity contribution in [1.29, 1.82) is 0 Å². The molecule has 0 spiro atoms. The highest BCUT2D eigenvalue weighted by atomic mass is 32.2. The second kappa shape index (κ2) is 21.5. The number of amides is 2. The summed E-state index contributed by atoms with van der Waals surface area (Å²) in [5.74, 6) is -2.81. The summed E-state index contributed by atoms with van der Waals surface area (Å²) in [5, 5.41) is 22.4. The number of rotatable bonds is 25. The number of sulfone groups is 1. The van der Waals surface area contributed by atoms with Crippen LogP contribution >= 0.6 is 0 Å². The third-order valence-corrected chi connectivity index (χ3v) is 7.51. The summed E-state index contributed by atoms with van der Waals surface area (Å²) in [6.07, 6.45) is 1.56. The molecule has 0 aliphatic rings. The van der Waals surface area contributed by atoms with Gasteiger partial charge in [-0.05, 0) is 37.6 Å². The fourth-order valence-electron chi connectivity index (χ4n) is 3.63. The molecule has 0 saturated heterocycles. The lowest BCUT2D eigenvalue weighted by molar-refractivity contribution is -0.143. The quantitative estimate of drug-likeness (QED) is 0.101. The van der Waals surface area contributed by atoms with Crippen LogP contribution in [0.25, 0.3) is 0 Å². The molecule has 0 unspecified atom stereocenters. The summed E-state index contributed by atoms with van der Waals surface area (Å²) in [4.78, 5) is 53.4. The van der Waals surface area contributed by atoms with Gasteiger partial charge in [0.1, 0.15) is 30.5 Å². The number of aliphatic carboxylic acids is 2. The molecule has 17 nitrogen and oxygen atoms in total. The first-order valence-electron chi connectivity index (χ1n) is 14.6. The van der Waals surface area contributed by atoms with E-state index in [2.05, 4.69) is 20.6 Å². The Hall–Kier alpha value is -4.23. The van der Waals surface area contributed by atoms with Crippen LogP contribution in [-0.2, 0) is 48.9 Å². The molecular weight excluding hydrogens is 644 g/mol. The van der Waals surface area contributed by atoms with Crippen molar-refractivity contribution < 1.29 is 61.5 Å². The number of benzene rings is 1. The summed E-state index contributed by atoms with van der Waals surface area (Å²) in [7, 11) is -3.79. The first-order chi connectivity index (χ1) is 22.5. The van der Waals surface area contributed by atoms with Crippen LogP contribution in [0.5, 0.6) is 5.75 Å². The van der Waals surface area contributed by atoms with E-state index in [4.69, 9.17) is 33.9 Å². The Labute approximate surface area is 271 Å². The van der Waals surface area contributed by atoms with Gasteiger partial charge in [-0.15, -0.1) is 0 Å². The van der Waals surface area contributed by atoms with Crippen LogP contribution in [0.15, 0.2) is 35.4 Å². The molecule has 0 bridgehead atoms. The fraction of sp³-hybridized carbons (Fsp3) is 0.517. The summed E-state index contributed by atoms with van der Waals surface area (Å²) >= 11 is 0. The van der Waals surface area contributed by atoms with Crippen molar-refractivity contribution in [1.82, 2.24) is 20.6 Å². The van der Waals surface area contributed by atoms with Crippen molar-refractivity contribution in [2.24, 2.45) is 0 Å². The van der Waals surface area contributed by atoms with Crippen LogP contribution in [0.4, 0.5) is 0 Å². The molecule has 0 radical (unpaired) electrons. The Morgan fingerprint density at radius 3 is 2.02 bits per heavy atom. The van der Waals surface area contributed by atoms with Gasteiger partial charge in [0.25, 0.3) is 5.91 Å². The molecule has 0 aliphatic carbocycles. The number of carboxylic acids is 2. The van der Waals surface area contributed by atoms with E-state index < -0.39 is 40.0 Å². The van der Waals surface area contributed by atoms with Crippen molar-refractivity contribution >= 4 is 33.6 Å². The van der Waals surface area contributed by atoms with Crippen molar-refractivity contribution in [3.8, 4) is 5.75 Å². The summed E-state index contributed by atoms with van der Waals surface area (Å²) in [6, 6.07) is 5.74. The van der Waals surface area contributed by atoms with Gasteiger partial charge in [0, 0.05) is 25.7 Å². The van der Waals surface area contributed by atoms with E-state index in [1.165, 1.54) is 30.5 Å². The molecule has 47 heavy (non-hydrogen) atoms. The zero-order valence-corrected chi connectivity index (χ0v) is 26.8. The number of nitrogens with zero attached hydrogens (tertiary/aromatic N) is 2. The van der Waals surface area contributed by atoms with Crippen molar-refractivity contribution in [2.75, 3.05) is 72.6 Å². The molecule has 2 rings (SSSR count). The van der Waals surface area contributed by atoms with Crippen molar-refractivity contribution in [3.05, 3.63) is 47.5 Å². The molecule has 4 N–H and O–H groups in total. The minimum absolute atomic E-state index is 0.0264. The first kappa shape index (κ1) is 39.0. The van der Waals surface area contributed by atoms with E-state index in [0.717, 1.165) is 0 Å². The zero-order chi connectivity index (χ0) is 34.5. The van der Waals surface area contributed by atoms with Crippen molar-refractivity contribution in [3.63, 3.8) is 0 Å². The smallest absolute Gasteiger partial charge is 0.329 e. The van der Waals surface area contributed by atoms with Crippen LogP contribution in [0.3, 0.4) is 0 Å². The topological polar surface area (TPSA) is 239 Å².